The standard InChI is InChI=1S/C16H18F2N4O3.C14H19NO6S.C8H4F2N4O2/c1-2-25-11-5-3-10(4-6-11)21-9-13(22(23)24)16(20-21)15-12(17)7-8-14(18)19-15;1-2-20-12-5-7-13(8-6-12)21-22(18,19)14-9-3-11(4-10-14)15(16)17;9-4-1-2-6(10)12-7(4)8-5(14(15)16)3-11-13-8/h7-11H,2-6H2,1H3;3-4,9-10,12-13H,2,5-8H2,1H3;1-3H,(H,11,13). The van der Waals surface area contributed by atoms with E-state index in [4.69, 9.17) is 13.7 Å². The van der Waals surface area contributed by atoms with Gasteiger partial charge in [0.15, 0.2) is 23.0 Å². The predicted molar refractivity (Wildman–Crippen MR) is 212 cm³/mol. The van der Waals surface area contributed by atoms with E-state index in [2.05, 4.69) is 25.3 Å². The van der Waals surface area contributed by atoms with Crippen molar-refractivity contribution in [1.82, 2.24) is 29.9 Å². The SMILES string of the molecule is CCOC1CCC(OS(=O)(=O)c2ccc([N+](=O)[O-])cc2)CC1.CCOC1CCC(n2cc([N+](=O)[O-])c(-c3nc(F)ccc3F)n2)CC1.O=[N+]([O-])c1cn[nH]c1-c1nc(F)ccc1F. The number of benzene rings is 1. The number of nitro groups is 3. The lowest BCUT2D eigenvalue weighted by molar-refractivity contribution is -0.385. The molecule has 25 heteroatoms. The van der Waals surface area contributed by atoms with Crippen LogP contribution in [-0.2, 0) is 23.8 Å². The van der Waals surface area contributed by atoms with Crippen molar-refractivity contribution in [2.75, 3.05) is 13.2 Å². The van der Waals surface area contributed by atoms with Gasteiger partial charge < -0.3 is 9.47 Å². The zero-order valence-corrected chi connectivity index (χ0v) is 34.5. The average Bonchev–Trinajstić information content (AvgIpc) is 3.94. The molecule has 7 rings (SSSR count). The first-order valence-corrected chi connectivity index (χ1v) is 20.9. The van der Waals surface area contributed by atoms with Crippen molar-refractivity contribution in [1.29, 1.82) is 0 Å². The van der Waals surface area contributed by atoms with Crippen molar-refractivity contribution < 1.29 is 54.4 Å². The van der Waals surface area contributed by atoms with Crippen LogP contribution in [0.2, 0.25) is 0 Å². The number of pyridine rings is 2. The van der Waals surface area contributed by atoms with Crippen LogP contribution in [-0.4, -0.2) is 84.7 Å². The fourth-order valence-corrected chi connectivity index (χ4v) is 7.99. The topological polar surface area (TPSA) is 264 Å². The van der Waals surface area contributed by atoms with Gasteiger partial charge in [0.2, 0.25) is 11.9 Å². The molecule has 1 aromatic carbocycles. The quantitative estimate of drug-likeness (QED) is 0.0386. The lowest BCUT2D eigenvalue weighted by Crippen LogP contribution is -2.28. The zero-order chi connectivity index (χ0) is 45.8. The van der Waals surface area contributed by atoms with Crippen LogP contribution in [0.15, 0.2) is 65.8 Å². The van der Waals surface area contributed by atoms with Gasteiger partial charge in [-0.3, -0.25) is 44.3 Å². The number of nitro benzene ring substituents is 1. The summed E-state index contributed by atoms with van der Waals surface area (Å²) in [6.07, 6.45) is 8.12. The summed E-state index contributed by atoms with van der Waals surface area (Å²) in [5, 5.41) is 42.2. The number of non-ortho nitro benzene ring substituents is 1. The first-order chi connectivity index (χ1) is 30.0. The van der Waals surface area contributed by atoms with E-state index in [1.165, 1.54) is 23.0 Å². The minimum absolute atomic E-state index is 0.0409. The molecule has 0 amide bonds. The normalized spacial score (nSPS) is 18.6. The number of rotatable bonds is 13. The van der Waals surface area contributed by atoms with Crippen LogP contribution in [0.4, 0.5) is 34.6 Å². The van der Waals surface area contributed by atoms with E-state index in [0.717, 1.165) is 81.1 Å². The lowest BCUT2D eigenvalue weighted by Gasteiger charge is -2.28. The molecule has 0 unspecified atom stereocenters. The summed E-state index contributed by atoms with van der Waals surface area (Å²) in [5.74, 6) is -3.57. The van der Waals surface area contributed by atoms with Crippen molar-refractivity contribution in [2.24, 2.45) is 0 Å². The Morgan fingerprint density at radius 1 is 0.683 bits per heavy atom. The monoisotopic (exact) mass is 907 g/mol. The summed E-state index contributed by atoms with van der Waals surface area (Å²) < 4.78 is 95.5. The largest absolute Gasteiger partial charge is 0.379 e. The molecule has 0 radical (unpaired) electrons. The Morgan fingerprint density at radius 2 is 1.19 bits per heavy atom. The summed E-state index contributed by atoms with van der Waals surface area (Å²) in [4.78, 5) is 37.1. The Balaban J connectivity index is 0.000000182. The number of aromatic nitrogens is 6. The van der Waals surface area contributed by atoms with Gasteiger partial charge in [0.05, 0.1) is 44.0 Å². The molecule has 338 valence electrons. The van der Waals surface area contributed by atoms with E-state index in [1.807, 2.05) is 13.8 Å². The van der Waals surface area contributed by atoms with Crippen molar-refractivity contribution in [3.05, 3.63) is 115 Å². The van der Waals surface area contributed by atoms with Gasteiger partial charge in [-0.05, 0) is 102 Å². The molecule has 4 heterocycles. The molecule has 2 fully saturated rings. The Morgan fingerprint density at radius 3 is 1.71 bits per heavy atom. The Bertz CT molecular complexity index is 2480. The zero-order valence-electron chi connectivity index (χ0n) is 33.6. The second kappa shape index (κ2) is 21.7. The van der Waals surface area contributed by atoms with E-state index in [9.17, 15) is 56.3 Å². The van der Waals surface area contributed by atoms with E-state index < -0.39 is 65.5 Å². The minimum atomic E-state index is -3.90. The van der Waals surface area contributed by atoms with Gasteiger partial charge >= 0.3 is 11.4 Å². The molecular formula is C38H41F4N9O11S. The number of nitrogens with zero attached hydrogens (tertiary/aromatic N) is 8. The van der Waals surface area contributed by atoms with E-state index in [0.29, 0.717) is 26.1 Å². The molecule has 0 saturated heterocycles. The molecule has 63 heavy (non-hydrogen) atoms. The highest BCUT2D eigenvalue weighted by atomic mass is 32.2. The first kappa shape index (κ1) is 47.7. The van der Waals surface area contributed by atoms with Crippen LogP contribution in [0.1, 0.15) is 71.3 Å². The number of ether oxygens (including phenoxy) is 2. The van der Waals surface area contributed by atoms with Crippen LogP contribution in [0.5, 0.6) is 0 Å². The summed E-state index contributed by atoms with van der Waals surface area (Å²) in [5.41, 5.74) is -2.44. The van der Waals surface area contributed by atoms with E-state index in [-0.39, 0.29) is 52.0 Å². The Kier molecular flexibility index (Phi) is 16.4. The number of halogens is 4. The molecule has 0 bridgehead atoms. The van der Waals surface area contributed by atoms with Gasteiger partial charge in [-0.1, -0.05) is 0 Å². The van der Waals surface area contributed by atoms with Crippen LogP contribution < -0.4 is 0 Å². The molecular weight excluding hydrogens is 867 g/mol. The first-order valence-electron chi connectivity index (χ1n) is 19.5. The van der Waals surface area contributed by atoms with Crippen LogP contribution in [0, 0.1) is 53.9 Å². The van der Waals surface area contributed by atoms with Crippen molar-refractivity contribution in [3.63, 3.8) is 0 Å². The number of hydrogen-bond acceptors (Lipinski definition) is 15. The molecule has 5 aromatic rings. The Hall–Kier alpha value is -6.31. The molecule has 0 spiro atoms. The van der Waals surface area contributed by atoms with Crippen molar-refractivity contribution >= 4 is 27.2 Å². The highest BCUT2D eigenvalue weighted by molar-refractivity contribution is 7.86. The lowest BCUT2D eigenvalue weighted by atomic mass is 9.93. The van der Waals surface area contributed by atoms with Crippen molar-refractivity contribution in [2.45, 2.75) is 94.5 Å². The maximum absolute atomic E-state index is 14.0. The Labute approximate surface area is 356 Å². The third-order valence-electron chi connectivity index (χ3n) is 9.85. The number of nitrogens with one attached hydrogen (secondary N) is 1. The van der Waals surface area contributed by atoms with Gasteiger partial charge in [-0.15, -0.1) is 0 Å². The molecule has 0 atom stereocenters. The number of hydrogen-bond donors (Lipinski definition) is 1. The van der Waals surface area contributed by atoms with Gasteiger partial charge in [0, 0.05) is 25.3 Å². The van der Waals surface area contributed by atoms with Gasteiger partial charge in [0.1, 0.15) is 23.8 Å². The molecule has 2 aliphatic carbocycles. The molecule has 0 aliphatic heterocycles. The minimum Gasteiger partial charge on any atom is -0.379 e. The second-order valence-corrected chi connectivity index (χ2v) is 15.5. The summed E-state index contributed by atoms with van der Waals surface area (Å²) in [6.45, 7) is 5.17. The molecule has 20 nitrogen and oxygen atoms in total. The summed E-state index contributed by atoms with van der Waals surface area (Å²) in [6, 6.07) is 8.05. The van der Waals surface area contributed by atoms with Gasteiger partial charge in [-0.25, -0.2) is 18.7 Å². The number of aromatic amines is 1. The predicted octanol–water partition coefficient (Wildman–Crippen LogP) is 7.96. The second-order valence-electron chi connectivity index (χ2n) is 14.0. The van der Waals surface area contributed by atoms with E-state index in [1.54, 1.807) is 0 Å². The molecule has 2 saturated carbocycles. The highest BCUT2D eigenvalue weighted by Crippen LogP contribution is 2.35. The van der Waals surface area contributed by atoms with Gasteiger partial charge in [0.25, 0.3) is 15.8 Å². The highest BCUT2D eigenvalue weighted by Gasteiger charge is 2.31. The fourth-order valence-electron chi connectivity index (χ4n) is 6.85. The number of H-pyrrole nitrogens is 1. The van der Waals surface area contributed by atoms with Crippen molar-refractivity contribution in [3.8, 4) is 22.8 Å². The fraction of sp³-hybridized carbons (Fsp3) is 0.421. The van der Waals surface area contributed by atoms with Crippen LogP contribution in [0.3, 0.4) is 0 Å². The third kappa shape index (κ3) is 12.6. The van der Waals surface area contributed by atoms with Crippen LogP contribution in [0.25, 0.3) is 22.8 Å². The molecule has 4 aromatic heterocycles. The maximum atomic E-state index is 14.0. The summed E-state index contributed by atoms with van der Waals surface area (Å²) in [7, 11) is -3.90. The molecule has 2 aliphatic rings. The van der Waals surface area contributed by atoms with Crippen LogP contribution >= 0.6 is 0 Å². The smallest absolute Gasteiger partial charge is 0.316 e. The van der Waals surface area contributed by atoms with Gasteiger partial charge in [-0.2, -0.15) is 27.4 Å². The molecule has 1 N–H and O–H groups in total. The average molecular weight is 908 g/mol. The third-order valence-corrected chi connectivity index (χ3v) is 11.2. The van der Waals surface area contributed by atoms with E-state index >= 15 is 0 Å². The maximum Gasteiger partial charge on any atom is 0.316 e. The summed E-state index contributed by atoms with van der Waals surface area (Å²) >= 11 is 0.